The molecule has 2 aromatic rings. The van der Waals surface area contributed by atoms with Crippen LogP contribution >= 0.6 is 23.2 Å². The fourth-order valence-corrected chi connectivity index (χ4v) is 1.96. The van der Waals surface area contributed by atoms with Crippen LogP contribution in [0.2, 0.25) is 10.0 Å². The molecule has 0 spiro atoms. The molecule has 0 amide bonds. The maximum Gasteiger partial charge on any atom is 0.339 e. The molecule has 0 unspecified atom stereocenters. The van der Waals surface area contributed by atoms with E-state index in [1.165, 1.54) is 6.20 Å². The molecule has 0 aliphatic rings. The molecule has 0 aliphatic heterocycles. The summed E-state index contributed by atoms with van der Waals surface area (Å²) in [6.45, 7) is 1.64. The van der Waals surface area contributed by atoms with Crippen LogP contribution in [0.5, 0.6) is 0 Å². The first kappa shape index (κ1) is 13.8. The van der Waals surface area contributed by atoms with Gasteiger partial charge in [0.2, 0.25) is 0 Å². The van der Waals surface area contributed by atoms with E-state index in [-0.39, 0.29) is 5.56 Å². The Morgan fingerprint density at radius 2 is 2.05 bits per heavy atom. The van der Waals surface area contributed by atoms with E-state index in [2.05, 4.69) is 9.97 Å². The van der Waals surface area contributed by atoms with Crippen molar-refractivity contribution in [1.29, 1.82) is 0 Å². The largest absolute Gasteiger partial charge is 0.478 e. The van der Waals surface area contributed by atoms with E-state index in [1.807, 2.05) is 6.07 Å². The summed E-state index contributed by atoms with van der Waals surface area (Å²) in [6, 6.07) is 5.28. The van der Waals surface area contributed by atoms with E-state index >= 15 is 0 Å². The molecule has 0 saturated heterocycles. The lowest BCUT2D eigenvalue weighted by molar-refractivity contribution is 0.0695. The van der Waals surface area contributed by atoms with Crippen LogP contribution < -0.4 is 0 Å². The minimum Gasteiger partial charge on any atom is -0.478 e. The maximum atomic E-state index is 10.9. The van der Waals surface area contributed by atoms with E-state index in [1.54, 1.807) is 19.1 Å². The van der Waals surface area contributed by atoms with Gasteiger partial charge in [0.05, 0.1) is 21.3 Å². The molecular formula is C13H10Cl2N2O2. The number of halogens is 2. The third-order valence-electron chi connectivity index (χ3n) is 2.61. The highest BCUT2D eigenvalue weighted by molar-refractivity contribution is 6.42. The van der Waals surface area contributed by atoms with Gasteiger partial charge in [0.15, 0.2) is 0 Å². The van der Waals surface area contributed by atoms with Crippen molar-refractivity contribution in [2.24, 2.45) is 0 Å². The average molecular weight is 297 g/mol. The molecule has 0 saturated carbocycles. The fourth-order valence-electron chi connectivity index (χ4n) is 1.64. The first-order valence-electron chi connectivity index (χ1n) is 5.47. The second-order valence-electron chi connectivity index (χ2n) is 4.02. The third-order valence-corrected chi connectivity index (χ3v) is 3.34. The predicted octanol–water partition coefficient (Wildman–Crippen LogP) is 3.38. The van der Waals surface area contributed by atoms with Crippen LogP contribution in [0.1, 0.15) is 27.4 Å². The monoisotopic (exact) mass is 296 g/mol. The number of aromatic nitrogens is 2. The quantitative estimate of drug-likeness (QED) is 0.943. The molecule has 0 atom stereocenters. The summed E-state index contributed by atoms with van der Waals surface area (Å²) in [7, 11) is 0. The lowest BCUT2D eigenvalue weighted by Crippen LogP contribution is -2.06. The smallest absolute Gasteiger partial charge is 0.339 e. The molecule has 4 nitrogen and oxygen atoms in total. The lowest BCUT2D eigenvalue weighted by Gasteiger charge is -2.05. The third kappa shape index (κ3) is 3.22. The van der Waals surface area contributed by atoms with Gasteiger partial charge in [0, 0.05) is 12.6 Å². The number of carboxylic acids is 1. The molecule has 1 heterocycles. The lowest BCUT2D eigenvalue weighted by atomic mass is 10.1. The van der Waals surface area contributed by atoms with Gasteiger partial charge in [0.1, 0.15) is 5.82 Å². The van der Waals surface area contributed by atoms with Crippen molar-refractivity contribution in [2.45, 2.75) is 13.3 Å². The van der Waals surface area contributed by atoms with Crippen LogP contribution in [0.3, 0.4) is 0 Å². The molecule has 0 aliphatic carbocycles. The van der Waals surface area contributed by atoms with Crippen LogP contribution in [-0.2, 0) is 6.42 Å². The Balaban J connectivity index is 2.26. The molecule has 1 aromatic heterocycles. The highest BCUT2D eigenvalue weighted by Crippen LogP contribution is 2.23. The van der Waals surface area contributed by atoms with Crippen LogP contribution in [0.4, 0.5) is 0 Å². The predicted molar refractivity (Wildman–Crippen MR) is 73.0 cm³/mol. The van der Waals surface area contributed by atoms with Gasteiger partial charge in [-0.3, -0.25) is 0 Å². The van der Waals surface area contributed by atoms with Gasteiger partial charge in [-0.05, 0) is 24.6 Å². The molecule has 2 rings (SSSR count). The number of aryl methyl sites for hydroxylation is 1. The number of nitrogens with zero attached hydrogens (tertiary/aromatic N) is 2. The summed E-state index contributed by atoms with van der Waals surface area (Å²) >= 11 is 11.8. The second kappa shape index (κ2) is 5.55. The number of carboxylic acid groups (broad SMARTS) is 1. The Bertz CT molecular complexity index is 645. The standard InChI is InChI=1S/C13H10Cl2N2O2/c1-7-9(13(18)19)6-16-12(17-7)5-8-2-3-10(14)11(15)4-8/h2-4,6H,5H2,1H3,(H,18,19). The van der Waals surface area contributed by atoms with Gasteiger partial charge in [0.25, 0.3) is 0 Å². The highest BCUT2D eigenvalue weighted by Gasteiger charge is 2.10. The fraction of sp³-hybridized carbons (Fsp3) is 0.154. The van der Waals surface area contributed by atoms with Crippen LogP contribution in [0.15, 0.2) is 24.4 Å². The number of aromatic carboxylic acids is 1. The molecule has 0 radical (unpaired) electrons. The molecular weight excluding hydrogens is 287 g/mol. The van der Waals surface area contributed by atoms with Crippen molar-refractivity contribution in [3.05, 3.63) is 57.1 Å². The average Bonchev–Trinajstić information content (AvgIpc) is 2.33. The van der Waals surface area contributed by atoms with Crippen LogP contribution in [0, 0.1) is 6.92 Å². The zero-order chi connectivity index (χ0) is 14.0. The number of hydrogen-bond donors (Lipinski definition) is 1. The van der Waals surface area contributed by atoms with E-state index in [9.17, 15) is 4.79 Å². The Hall–Kier alpha value is -1.65. The van der Waals surface area contributed by atoms with Crippen molar-refractivity contribution < 1.29 is 9.90 Å². The molecule has 1 aromatic carbocycles. The number of carbonyl (C=O) groups is 1. The van der Waals surface area contributed by atoms with Gasteiger partial charge in [-0.15, -0.1) is 0 Å². The maximum absolute atomic E-state index is 10.9. The molecule has 0 bridgehead atoms. The molecule has 98 valence electrons. The molecule has 1 N–H and O–H groups in total. The van der Waals surface area contributed by atoms with E-state index in [4.69, 9.17) is 28.3 Å². The number of benzene rings is 1. The van der Waals surface area contributed by atoms with Crippen molar-refractivity contribution in [3.8, 4) is 0 Å². The molecule has 0 fully saturated rings. The van der Waals surface area contributed by atoms with E-state index in [0.717, 1.165) is 5.56 Å². The topological polar surface area (TPSA) is 63.1 Å². The number of hydrogen-bond acceptors (Lipinski definition) is 3. The Labute approximate surface area is 120 Å². The van der Waals surface area contributed by atoms with Gasteiger partial charge in [-0.1, -0.05) is 29.3 Å². The van der Waals surface area contributed by atoms with Crippen molar-refractivity contribution in [1.82, 2.24) is 9.97 Å². The summed E-state index contributed by atoms with van der Waals surface area (Å²) in [6.07, 6.45) is 1.79. The highest BCUT2D eigenvalue weighted by atomic mass is 35.5. The van der Waals surface area contributed by atoms with E-state index in [0.29, 0.717) is 28.0 Å². The first-order valence-corrected chi connectivity index (χ1v) is 6.22. The van der Waals surface area contributed by atoms with Crippen molar-refractivity contribution in [3.63, 3.8) is 0 Å². The van der Waals surface area contributed by atoms with Gasteiger partial charge in [-0.2, -0.15) is 0 Å². The normalized spacial score (nSPS) is 10.5. The van der Waals surface area contributed by atoms with Crippen LogP contribution in [-0.4, -0.2) is 21.0 Å². The van der Waals surface area contributed by atoms with E-state index < -0.39 is 5.97 Å². The minimum atomic E-state index is -1.03. The van der Waals surface area contributed by atoms with Crippen molar-refractivity contribution in [2.75, 3.05) is 0 Å². The van der Waals surface area contributed by atoms with Gasteiger partial charge in [-0.25, -0.2) is 14.8 Å². The Morgan fingerprint density at radius 3 is 2.63 bits per heavy atom. The molecule has 6 heteroatoms. The Kier molecular flexibility index (Phi) is 4.02. The summed E-state index contributed by atoms with van der Waals surface area (Å²) in [4.78, 5) is 19.1. The minimum absolute atomic E-state index is 0.109. The SMILES string of the molecule is Cc1nc(Cc2ccc(Cl)c(Cl)c2)ncc1C(=O)O. The Morgan fingerprint density at radius 1 is 1.32 bits per heavy atom. The zero-order valence-electron chi connectivity index (χ0n) is 10.0. The summed E-state index contributed by atoms with van der Waals surface area (Å²) < 4.78 is 0. The zero-order valence-corrected chi connectivity index (χ0v) is 11.5. The summed E-state index contributed by atoms with van der Waals surface area (Å²) in [5.41, 5.74) is 1.47. The van der Waals surface area contributed by atoms with Crippen molar-refractivity contribution >= 4 is 29.2 Å². The second-order valence-corrected chi connectivity index (χ2v) is 4.83. The van der Waals surface area contributed by atoms with Gasteiger partial charge < -0.3 is 5.11 Å². The summed E-state index contributed by atoms with van der Waals surface area (Å²) in [5.74, 6) is -0.487. The first-order chi connectivity index (χ1) is 8.97. The summed E-state index contributed by atoms with van der Waals surface area (Å²) in [5, 5.41) is 9.86. The van der Waals surface area contributed by atoms with Crippen LogP contribution in [0.25, 0.3) is 0 Å². The number of rotatable bonds is 3. The van der Waals surface area contributed by atoms with Gasteiger partial charge >= 0.3 is 5.97 Å². The molecule has 19 heavy (non-hydrogen) atoms.